The van der Waals surface area contributed by atoms with Crippen LogP contribution < -0.4 is 0 Å². The Morgan fingerprint density at radius 1 is 1.55 bits per heavy atom. The van der Waals surface area contributed by atoms with Gasteiger partial charge in [-0.05, 0) is 0 Å². The Balaban J connectivity index is 3.36. The summed E-state index contributed by atoms with van der Waals surface area (Å²) in [6, 6.07) is 0. The van der Waals surface area contributed by atoms with Crippen LogP contribution in [0.25, 0.3) is 0 Å². The van der Waals surface area contributed by atoms with Crippen LogP contribution in [0.5, 0.6) is 0 Å². The van der Waals surface area contributed by atoms with E-state index in [-0.39, 0.29) is 15.7 Å². The normalized spacial score (nSPS) is 9.73. The molecule has 0 aliphatic carbocycles. The van der Waals surface area contributed by atoms with Crippen molar-refractivity contribution in [3.05, 3.63) is 27.8 Å². The first-order valence-corrected chi connectivity index (χ1v) is 3.37. The minimum atomic E-state index is -0.863. The van der Waals surface area contributed by atoms with Gasteiger partial charge in [-0.15, -0.1) is 0 Å². The second-order valence-electron chi connectivity index (χ2n) is 1.75. The van der Waals surface area contributed by atoms with Crippen LogP contribution in [-0.4, -0.2) is 11.3 Å². The van der Waals surface area contributed by atoms with Crippen molar-refractivity contribution in [3.63, 3.8) is 0 Å². The highest BCUT2D eigenvalue weighted by Gasteiger charge is 2.10. The predicted molar refractivity (Wildman–Crippen MR) is 39.6 cm³/mol. The number of hydrogen-bond acceptors (Lipinski definition) is 2. The van der Waals surface area contributed by atoms with Crippen LogP contribution in [0.1, 0.15) is 10.4 Å². The molecule has 1 aromatic heterocycles. The van der Waals surface area contributed by atoms with Gasteiger partial charge in [-0.3, -0.25) is 4.79 Å². The minimum absolute atomic E-state index is 0.00596. The number of rotatable bonds is 1. The molecule has 1 rings (SSSR count). The highest BCUT2D eigenvalue weighted by atomic mass is 35.5. The number of aldehydes is 1. The first kappa shape index (κ1) is 8.43. The van der Waals surface area contributed by atoms with E-state index in [1.54, 1.807) is 0 Å². The van der Waals surface area contributed by atoms with E-state index in [4.69, 9.17) is 23.2 Å². The third-order valence-electron chi connectivity index (χ3n) is 1.07. The Hall–Kier alpha value is -0.670. The van der Waals surface area contributed by atoms with Crippen LogP contribution in [-0.2, 0) is 0 Å². The molecule has 2 nitrogen and oxygen atoms in total. The lowest BCUT2D eigenvalue weighted by Crippen LogP contribution is -1.90. The van der Waals surface area contributed by atoms with Gasteiger partial charge >= 0.3 is 0 Å². The Bertz CT molecular complexity index is 303. The predicted octanol–water partition coefficient (Wildman–Crippen LogP) is 2.34. The minimum Gasteiger partial charge on any atom is -0.298 e. The molecule has 1 heterocycles. The summed E-state index contributed by atoms with van der Waals surface area (Å²) < 4.78 is 12.7. The Labute approximate surface area is 71.9 Å². The van der Waals surface area contributed by atoms with E-state index in [2.05, 4.69) is 4.98 Å². The lowest BCUT2D eigenvalue weighted by Gasteiger charge is -1.97. The molecule has 0 N–H and O–H groups in total. The van der Waals surface area contributed by atoms with Gasteiger partial charge < -0.3 is 0 Å². The monoisotopic (exact) mass is 193 g/mol. The standard InChI is InChI=1S/C6H2Cl2FNO/c7-4-3(2-11)1-10-6(8)5(4)9/h1-2H. The molecule has 58 valence electrons. The highest BCUT2D eigenvalue weighted by molar-refractivity contribution is 6.35. The molecule has 5 heteroatoms. The second-order valence-corrected chi connectivity index (χ2v) is 2.49. The molecule has 0 atom stereocenters. The molecule has 0 aromatic carbocycles. The van der Waals surface area contributed by atoms with Crippen molar-refractivity contribution in [2.24, 2.45) is 0 Å². The van der Waals surface area contributed by atoms with Crippen molar-refractivity contribution < 1.29 is 9.18 Å². The lowest BCUT2D eigenvalue weighted by molar-refractivity contribution is 0.112. The molecule has 0 amide bonds. The van der Waals surface area contributed by atoms with Crippen molar-refractivity contribution in [3.8, 4) is 0 Å². The molecular weight excluding hydrogens is 192 g/mol. The van der Waals surface area contributed by atoms with Crippen molar-refractivity contribution in [1.29, 1.82) is 0 Å². The van der Waals surface area contributed by atoms with Crippen LogP contribution in [0.15, 0.2) is 6.20 Å². The van der Waals surface area contributed by atoms with Crippen LogP contribution >= 0.6 is 23.2 Å². The zero-order valence-electron chi connectivity index (χ0n) is 5.14. The fourth-order valence-electron chi connectivity index (χ4n) is 0.539. The van der Waals surface area contributed by atoms with Crippen LogP contribution in [0.3, 0.4) is 0 Å². The smallest absolute Gasteiger partial charge is 0.179 e. The number of nitrogens with zero attached hydrogens (tertiary/aromatic N) is 1. The lowest BCUT2D eigenvalue weighted by atomic mass is 10.3. The van der Waals surface area contributed by atoms with Gasteiger partial charge in [-0.2, -0.15) is 0 Å². The summed E-state index contributed by atoms with van der Waals surface area (Å²) in [4.78, 5) is 13.5. The molecule has 11 heavy (non-hydrogen) atoms. The molecule has 0 saturated heterocycles. The molecule has 0 radical (unpaired) electrons. The second kappa shape index (κ2) is 3.15. The van der Waals surface area contributed by atoms with E-state index < -0.39 is 5.82 Å². The number of pyridine rings is 1. The fourth-order valence-corrected chi connectivity index (χ4v) is 0.914. The fraction of sp³-hybridized carbons (Fsp3) is 0. The summed E-state index contributed by atoms with van der Waals surface area (Å²) in [7, 11) is 0. The molecule has 0 spiro atoms. The highest BCUT2D eigenvalue weighted by Crippen LogP contribution is 2.22. The Morgan fingerprint density at radius 3 is 2.73 bits per heavy atom. The van der Waals surface area contributed by atoms with Gasteiger partial charge in [0, 0.05) is 6.20 Å². The SMILES string of the molecule is O=Cc1cnc(Cl)c(F)c1Cl. The molecular formula is C6H2Cl2FNO. The Morgan fingerprint density at radius 2 is 2.18 bits per heavy atom. The summed E-state index contributed by atoms with van der Waals surface area (Å²) in [6.45, 7) is 0. The molecule has 0 aliphatic heterocycles. The van der Waals surface area contributed by atoms with Gasteiger partial charge in [-0.1, -0.05) is 23.2 Å². The molecule has 0 unspecified atom stereocenters. The van der Waals surface area contributed by atoms with E-state index in [1.165, 1.54) is 0 Å². The molecule has 0 aliphatic rings. The van der Waals surface area contributed by atoms with Crippen molar-refractivity contribution >= 4 is 29.5 Å². The maximum atomic E-state index is 12.7. The molecule has 1 aromatic rings. The molecule has 0 fully saturated rings. The summed E-state index contributed by atoms with van der Waals surface area (Å²) in [5.74, 6) is -0.863. The number of aromatic nitrogens is 1. The maximum absolute atomic E-state index is 12.7. The largest absolute Gasteiger partial charge is 0.298 e. The van der Waals surface area contributed by atoms with Gasteiger partial charge in [0.15, 0.2) is 17.3 Å². The first-order chi connectivity index (χ1) is 5.16. The molecule has 0 saturated carbocycles. The van der Waals surface area contributed by atoms with Crippen LogP contribution in [0.2, 0.25) is 10.2 Å². The van der Waals surface area contributed by atoms with Crippen LogP contribution in [0, 0.1) is 5.82 Å². The van der Waals surface area contributed by atoms with E-state index in [0.29, 0.717) is 6.29 Å². The first-order valence-electron chi connectivity index (χ1n) is 2.61. The van der Waals surface area contributed by atoms with Gasteiger partial charge in [0.25, 0.3) is 0 Å². The van der Waals surface area contributed by atoms with Crippen LogP contribution in [0.4, 0.5) is 4.39 Å². The topological polar surface area (TPSA) is 30.0 Å². The molecule has 0 bridgehead atoms. The van der Waals surface area contributed by atoms with Crippen molar-refractivity contribution in [2.45, 2.75) is 0 Å². The zero-order chi connectivity index (χ0) is 8.43. The Kier molecular flexibility index (Phi) is 2.42. The van der Waals surface area contributed by atoms with E-state index in [9.17, 15) is 9.18 Å². The van der Waals surface area contributed by atoms with E-state index in [1.807, 2.05) is 0 Å². The average Bonchev–Trinajstić information content (AvgIpc) is 2.01. The van der Waals surface area contributed by atoms with E-state index in [0.717, 1.165) is 6.20 Å². The number of hydrogen-bond donors (Lipinski definition) is 0. The third-order valence-corrected chi connectivity index (χ3v) is 1.72. The summed E-state index contributed by atoms with van der Waals surface area (Å²) >= 11 is 10.6. The third kappa shape index (κ3) is 1.49. The number of carbonyl (C=O) groups excluding carboxylic acids is 1. The van der Waals surface area contributed by atoms with Crippen molar-refractivity contribution in [2.75, 3.05) is 0 Å². The van der Waals surface area contributed by atoms with Gasteiger partial charge in [0.1, 0.15) is 0 Å². The quantitative estimate of drug-likeness (QED) is 0.507. The zero-order valence-corrected chi connectivity index (χ0v) is 6.66. The summed E-state index contributed by atoms with van der Waals surface area (Å²) in [5, 5.41) is -0.624. The average molecular weight is 194 g/mol. The number of halogens is 3. The van der Waals surface area contributed by atoms with E-state index >= 15 is 0 Å². The van der Waals surface area contributed by atoms with Gasteiger partial charge in [0.2, 0.25) is 0 Å². The summed E-state index contributed by atoms with van der Waals surface area (Å²) in [6.07, 6.45) is 1.52. The summed E-state index contributed by atoms with van der Waals surface area (Å²) in [5.41, 5.74) is -0.00596. The number of carbonyl (C=O) groups is 1. The van der Waals surface area contributed by atoms with Gasteiger partial charge in [-0.25, -0.2) is 9.37 Å². The maximum Gasteiger partial charge on any atom is 0.179 e. The van der Waals surface area contributed by atoms with Gasteiger partial charge in [0.05, 0.1) is 10.6 Å². The van der Waals surface area contributed by atoms with Crippen molar-refractivity contribution in [1.82, 2.24) is 4.98 Å².